The Balaban J connectivity index is 2.16. The van der Waals surface area contributed by atoms with E-state index in [9.17, 15) is 13.6 Å². The molecule has 2 aromatic carbocycles. The molecule has 150 valence electrons. The monoisotopic (exact) mass is 393 g/mol. The maximum absolute atomic E-state index is 13.7. The van der Waals surface area contributed by atoms with E-state index in [0.29, 0.717) is 17.4 Å². The van der Waals surface area contributed by atoms with Crippen LogP contribution in [0, 0.1) is 11.6 Å². The summed E-state index contributed by atoms with van der Waals surface area (Å²) < 4.78 is 42.7. The number of carbonyl (C=O) groups is 1. The number of rotatable bonds is 9. The number of aliphatic hydroxyl groups is 1. The Labute approximate surface area is 161 Å². The predicted molar refractivity (Wildman–Crippen MR) is 99.2 cm³/mol. The van der Waals surface area contributed by atoms with Gasteiger partial charge in [-0.15, -0.1) is 6.58 Å². The van der Waals surface area contributed by atoms with Crippen molar-refractivity contribution in [3.63, 3.8) is 0 Å². The second-order valence-corrected chi connectivity index (χ2v) is 5.65. The van der Waals surface area contributed by atoms with Gasteiger partial charge in [-0.25, -0.2) is 13.6 Å². The Kier molecular flexibility index (Phi) is 7.91. The molecule has 0 heterocycles. The molecule has 0 saturated heterocycles. The number of amides is 1. The van der Waals surface area contributed by atoms with E-state index in [-0.39, 0.29) is 18.9 Å². The molecule has 0 saturated carbocycles. The normalized spacial score (nSPS) is 12.7. The van der Waals surface area contributed by atoms with Crippen LogP contribution < -0.4 is 10.1 Å². The van der Waals surface area contributed by atoms with Crippen molar-refractivity contribution in [1.82, 2.24) is 0 Å². The van der Waals surface area contributed by atoms with Crippen molar-refractivity contribution in [2.24, 2.45) is 0 Å². The number of benzene rings is 2. The molecule has 0 radical (unpaired) electrons. The molecule has 0 aliphatic rings. The van der Waals surface area contributed by atoms with Crippen LogP contribution >= 0.6 is 0 Å². The van der Waals surface area contributed by atoms with E-state index in [1.807, 2.05) is 0 Å². The van der Waals surface area contributed by atoms with Crippen LogP contribution in [-0.2, 0) is 9.47 Å². The van der Waals surface area contributed by atoms with Gasteiger partial charge in [0.25, 0.3) is 0 Å². The van der Waals surface area contributed by atoms with Crippen molar-refractivity contribution in [3.05, 3.63) is 72.3 Å². The number of nitrogens with one attached hydrogen (secondary N) is 1. The van der Waals surface area contributed by atoms with Crippen molar-refractivity contribution in [1.29, 1.82) is 0 Å². The molecule has 2 N–H and O–H groups in total. The number of hydrogen-bond donors (Lipinski definition) is 2. The van der Waals surface area contributed by atoms with Gasteiger partial charge in [0.15, 0.2) is 6.10 Å². The summed E-state index contributed by atoms with van der Waals surface area (Å²) in [5.74, 6) is -1.16. The highest BCUT2D eigenvalue weighted by Crippen LogP contribution is 2.27. The molecular weight excluding hydrogens is 372 g/mol. The van der Waals surface area contributed by atoms with Crippen molar-refractivity contribution >= 4 is 11.8 Å². The molecule has 6 nitrogen and oxygen atoms in total. The van der Waals surface area contributed by atoms with Crippen LogP contribution in [0.4, 0.5) is 19.3 Å². The van der Waals surface area contributed by atoms with Gasteiger partial charge in [-0.2, -0.15) is 0 Å². The average molecular weight is 393 g/mol. The molecule has 28 heavy (non-hydrogen) atoms. The molecule has 8 heteroatoms. The molecule has 1 amide bonds. The molecule has 0 aliphatic heterocycles. The number of carbonyl (C=O) groups excluding carboxylic acids is 1. The van der Waals surface area contributed by atoms with Crippen LogP contribution in [0.15, 0.2) is 55.1 Å². The second-order valence-electron chi connectivity index (χ2n) is 5.65. The molecule has 2 atom stereocenters. The maximum Gasteiger partial charge on any atom is 0.412 e. The molecule has 2 aromatic rings. The van der Waals surface area contributed by atoms with Gasteiger partial charge in [0, 0.05) is 13.2 Å². The summed E-state index contributed by atoms with van der Waals surface area (Å²) in [6.07, 6.45) is -1.03. The topological polar surface area (TPSA) is 77.0 Å². The van der Waals surface area contributed by atoms with Gasteiger partial charge in [0.2, 0.25) is 0 Å². The fraction of sp³-hybridized carbons (Fsp3) is 0.250. The minimum Gasteiger partial charge on any atom is -0.491 e. The number of methoxy groups -OCH3 is 1. The zero-order valence-corrected chi connectivity index (χ0v) is 15.2. The minimum atomic E-state index is -0.944. The highest BCUT2D eigenvalue weighted by molar-refractivity contribution is 5.84. The molecule has 0 bridgehead atoms. The standard InChI is InChI=1S/C20H21F2NO5/c1-3-18(26-2)19(13-4-7-15(8-5-13)27-11-10-24)28-20(25)23-17-9-6-14(21)12-16(17)22/h3-9,12,18-19,24H,1,10-11H2,2H3,(H,23,25)/t18-,19-/m0/s1. The van der Waals surface area contributed by atoms with E-state index in [2.05, 4.69) is 11.9 Å². The summed E-state index contributed by atoms with van der Waals surface area (Å²) >= 11 is 0. The lowest BCUT2D eigenvalue weighted by molar-refractivity contribution is 0.00597. The fourth-order valence-corrected chi connectivity index (χ4v) is 2.43. The Morgan fingerprint density at radius 1 is 1.25 bits per heavy atom. The lowest BCUT2D eigenvalue weighted by atomic mass is 10.0. The zero-order chi connectivity index (χ0) is 20.5. The highest BCUT2D eigenvalue weighted by Gasteiger charge is 2.25. The first-order chi connectivity index (χ1) is 13.5. The molecule has 0 spiro atoms. The third-order valence-corrected chi connectivity index (χ3v) is 3.77. The van der Waals surface area contributed by atoms with E-state index in [4.69, 9.17) is 19.3 Å². The number of halogens is 2. The Morgan fingerprint density at radius 2 is 1.96 bits per heavy atom. The van der Waals surface area contributed by atoms with Crippen LogP contribution in [0.5, 0.6) is 5.75 Å². The Morgan fingerprint density at radius 3 is 2.54 bits per heavy atom. The number of aliphatic hydroxyl groups excluding tert-OH is 1. The summed E-state index contributed by atoms with van der Waals surface area (Å²) in [5.41, 5.74) is 0.364. The van der Waals surface area contributed by atoms with Gasteiger partial charge in [0.1, 0.15) is 30.1 Å². The van der Waals surface area contributed by atoms with Crippen molar-refractivity contribution < 1.29 is 32.9 Å². The fourth-order valence-electron chi connectivity index (χ4n) is 2.43. The first-order valence-electron chi connectivity index (χ1n) is 8.40. The van der Waals surface area contributed by atoms with Crippen LogP contribution in [0.25, 0.3) is 0 Å². The summed E-state index contributed by atoms with van der Waals surface area (Å²) in [4.78, 5) is 12.2. The highest BCUT2D eigenvalue weighted by atomic mass is 19.1. The van der Waals surface area contributed by atoms with Crippen molar-refractivity contribution in [2.75, 3.05) is 25.6 Å². The van der Waals surface area contributed by atoms with Crippen LogP contribution in [-0.4, -0.2) is 37.6 Å². The maximum atomic E-state index is 13.7. The predicted octanol–water partition coefficient (Wildman–Crippen LogP) is 3.83. The van der Waals surface area contributed by atoms with Gasteiger partial charge in [-0.1, -0.05) is 18.2 Å². The van der Waals surface area contributed by atoms with E-state index < -0.39 is 29.9 Å². The van der Waals surface area contributed by atoms with Gasteiger partial charge in [-0.3, -0.25) is 5.32 Å². The van der Waals surface area contributed by atoms with Crippen LogP contribution in [0.3, 0.4) is 0 Å². The average Bonchev–Trinajstić information content (AvgIpc) is 2.69. The Hall–Kier alpha value is -2.97. The van der Waals surface area contributed by atoms with Gasteiger partial charge < -0.3 is 19.3 Å². The molecule has 2 rings (SSSR count). The number of anilines is 1. The third-order valence-electron chi connectivity index (χ3n) is 3.77. The Bertz CT molecular complexity index is 798. The molecule has 0 unspecified atom stereocenters. The van der Waals surface area contributed by atoms with Crippen molar-refractivity contribution in [3.8, 4) is 5.75 Å². The smallest absolute Gasteiger partial charge is 0.412 e. The van der Waals surface area contributed by atoms with Crippen LogP contribution in [0.1, 0.15) is 11.7 Å². The number of hydrogen-bond acceptors (Lipinski definition) is 5. The third kappa shape index (κ3) is 5.77. The SMILES string of the molecule is C=C[C@H](OC)[C@@H](OC(=O)Nc1ccc(F)cc1F)c1ccc(OCCO)cc1. The second kappa shape index (κ2) is 10.4. The summed E-state index contributed by atoms with van der Waals surface area (Å²) in [5, 5.41) is 11.0. The summed E-state index contributed by atoms with van der Waals surface area (Å²) in [6, 6.07) is 9.39. The lowest BCUT2D eigenvalue weighted by Gasteiger charge is -2.24. The van der Waals surface area contributed by atoms with Gasteiger partial charge >= 0.3 is 6.09 Å². The van der Waals surface area contributed by atoms with E-state index in [0.717, 1.165) is 12.1 Å². The summed E-state index contributed by atoms with van der Waals surface area (Å²) in [7, 11) is 1.43. The largest absolute Gasteiger partial charge is 0.491 e. The van der Waals surface area contributed by atoms with E-state index in [1.165, 1.54) is 13.2 Å². The van der Waals surface area contributed by atoms with Gasteiger partial charge in [-0.05, 0) is 29.8 Å². The number of ether oxygens (including phenoxy) is 3. The summed E-state index contributed by atoms with van der Waals surface area (Å²) in [6.45, 7) is 3.70. The van der Waals surface area contributed by atoms with E-state index >= 15 is 0 Å². The zero-order valence-electron chi connectivity index (χ0n) is 15.2. The quantitative estimate of drug-likeness (QED) is 0.634. The first-order valence-corrected chi connectivity index (χ1v) is 8.40. The molecule has 0 aliphatic carbocycles. The van der Waals surface area contributed by atoms with Crippen LogP contribution in [0.2, 0.25) is 0 Å². The molecule has 0 aromatic heterocycles. The van der Waals surface area contributed by atoms with E-state index in [1.54, 1.807) is 24.3 Å². The lowest BCUT2D eigenvalue weighted by Crippen LogP contribution is -2.26. The minimum absolute atomic E-state index is 0.115. The molecular formula is C20H21F2NO5. The molecule has 0 fully saturated rings. The first kappa shape index (κ1) is 21.3. The van der Waals surface area contributed by atoms with Crippen molar-refractivity contribution in [2.45, 2.75) is 12.2 Å². The van der Waals surface area contributed by atoms with Gasteiger partial charge in [0.05, 0.1) is 12.3 Å².